The van der Waals surface area contributed by atoms with Gasteiger partial charge >= 0.3 is 0 Å². The van der Waals surface area contributed by atoms with E-state index in [-0.39, 0.29) is 23.6 Å². The first kappa shape index (κ1) is 21.1. The standard InChI is InChI=1S/C24H21ClN4O4/c25-17-3-1-4-19(13-17)29-21(22-5-2-11-33-22)14-20(27-29)23(30)26-18-6-9-28(10-7-18)24(31)16-8-12-32-15-16/h1-5,8,11-15,18H,6-7,9-10H2,(H,26,30). The molecule has 0 aliphatic carbocycles. The smallest absolute Gasteiger partial charge is 0.272 e. The first-order valence-electron chi connectivity index (χ1n) is 10.6. The van der Waals surface area contributed by atoms with Gasteiger partial charge in [0.05, 0.1) is 23.8 Å². The van der Waals surface area contributed by atoms with Gasteiger partial charge in [0.15, 0.2) is 11.5 Å². The summed E-state index contributed by atoms with van der Waals surface area (Å²) in [6, 6.07) is 14.1. The van der Waals surface area contributed by atoms with Crippen LogP contribution in [0, 0.1) is 0 Å². The molecule has 1 saturated heterocycles. The van der Waals surface area contributed by atoms with Crippen LogP contribution in [0.2, 0.25) is 5.02 Å². The van der Waals surface area contributed by atoms with Crippen LogP contribution in [0.5, 0.6) is 0 Å². The maximum absolute atomic E-state index is 13.0. The molecule has 0 atom stereocenters. The van der Waals surface area contributed by atoms with Gasteiger partial charge in [-0.05, 0) is 49.2 Å². The molecule has 2 amide bonds. The molecule has 1 aliphatic rings. The predicted octanol–water partition coefficient (Wildman–Crippen LogP) is 4.41. The summed E-state index contributed by atoms with van der Waals surface area (Å²) in [7, 11) is 0. The predicted molar refractivity (Wildman–Crippen MR) is 121 cm³/mol. The van der Waals surface area contributed by atoms with Crippen molar-refractivity contribution in [2.75, 3.05) is 13.1 Å². The number of furan rings is 2. The SMILES string of the molecule is O=C(NC1CCN(C(=O)c2ccoc2)CC1)c1cc(-c2ccco2)n(-c2cccc(Cl)c2)n1. The molecule has 1 fully saturated rings. The van der Waals surface area contributed by atoms with Crippen molar-refractivity contribution in [1.82, 2.24) is 20.0 Å². The second-order valence-corrected chi connectivity index (χ2v) is 8.27. The molecule has 33 heavy (non-hydrogen) atoms. The van der Waals surface area contributed by atoms with E-state index in [0.29, 0.717) is 48.0 Å². The van der Waals surface area contributed by atoms with Crippen molar-refractivity contribution in [3.63, 3.8) is 0 Å². The van der Waals surface area contributed by atoms with Gasteiger partial charge in [0.25, 0.3) is 11.8 Å². The zero-order valence-corrected chi connectivity index (χ0v) is 18.4. The Morgan fingerprint density at radius 3 is 2.61 bits per heavy atom. The molecule has 1 aliphatic heterocycles. The van der Waals surface area contributed by atoms with Crippen LogP contribution < -0.4 is 5.32 Å². The molecule has 9 heteroatoms. The van der Waals surface area contributed by atoms with Crippen molar-refractivity contribution in [2.24, 2.45) is 0 Å². The second-order valence-electron chi connectivity index (χ2n) is 7.84. The molecule has 8 nitrogen and oxygen atoms in total. The lowest BCUT2D eigenvalue weighted by Crippen LogP contribution is -2.46. The Hall–Kier alpha value is -3.78. The molecule has 0 spiro atoms. The summed E-state index contributed by atoms with van der Waals surface area (Å²) in [6.45, 7) is 1.12. The summed E-state index contributed by atoms with van der Waals surface area (Å²) in [5.74, 6) is 0.257. The fourth-order valence-corrected chi connectivity index (χ4v) is 4.14. The van der Waals surface area contributed by atoms with Crippen LogP contribution in [0.3, 0.4) is 0 Å². The summed E-state index contributed by atoms with van der Waals surface area (Å²) in [5, 5.41) is 8.15. The minimum absolute atomic E-state index is 0.0470. The molecule has 3 aromatic heterocycles. The highest BCUT2D eigenvalue weighted by molar-refractivity contribution is 6.30. The number of aromatic nitrogens is 2. The number of piperidine rings is 1. The molecule has 168 valence electrons. The van der Waals surface area contributed by atoms with Crippen molar-refractivity contribution in [1.29, 1.82) is 0 Å². The highest BCUT2D eigenvalue weighted by Crippen LogP contribution is 2.26. The van der Waals surface area contributed by atoms with Gasteiger partial charge in [-0.15, -0.1) is 0 Å². The monoisotopic (exact) mass is 464 g/mol. The molecule has 1 aromatic carbocycles. The fraction of sp³-hybridized carbons (Fsp3) is 0.208. The van der Waals surface area contributed by atoms with E-state index in [1.165, 1.54) is 12.5 Å². The Labute approximate surface area is 194 Å². The van der Waals surface area contributed by atoms with E-state index < -0.39 is 0 Å². The Morgan fingerprint density at radius 1 is 1.06 bits per heavy atom. The van der Waals surface area contributed by atoms with Crippen LogP contribution in [-0.4, -0.2) is 45.6 Å². The van der Waals surface area contributed by atoms with E-state index >= 15 is 0 Å². The number of benzene rings is 1. The molecular weight excluding hydrogens is 444 g/mol. The van der Waals surface area contributed by atoms with E-state index in [9.17, 15) is 9.59 Å². The number of amides is 2. The molecule has 0 bridgehead atoms. The summed E-state index contributed by atoms with van der Waals surface area (Å²) in [5.41, 5.74) is 2.18. The number of hydrogen-bond donors (Lipinski definition) is 1. The van der Waals surface area contributed by atoms with Gasteiger partial charge in [-0.25, -0.2) is 4.68 Å². The van der Waals surface area contributed by atoms with Crippen molar-refractivity contribution in [2.45, 2.75) is 18.9 Å². The normalized spacial score (nSPS) is 14.4. The van der Waals surface area contributed by atoms with Crippen LogP contribution in [0.15, 0.2) is 76.2 Å². The van der Waals surface area contributed by atoms with E-state index in [2.05, 4.69) is 10.4 Å². The molecule has 0 unspecified atom stereocenters. The Kier molecular flexibility index (Phi) is 5.75. The Morgan fingerprint density at radius 2 is 1.91 bits per heavy atom. The quantitative estimate of drug-likeness (QED) is 0.472. The highest BCUT2D eigenvalue weighted by atomic mass is 35.5. The number of nitrogens with one attached hydrogen (secondary N) is 1. The summed E-state index contributed by atoms with van der Waals surface area (Å²) >= 11 is 6.16. The lowest BCUT2D eigenvalue weighted by atomic mass is 10.0. The molecule has 4 aromatic rings. The van der Waals surface area contributed by atoms with E-state index in [0.717, 1.165) is 5.69 Å². The fourth-order valence-electron chi connectivity index (χ4n) is 3.95. The lowest BCUT2D eigenvalue weighted by Gasteiger charge is -2.32. The van der Waals surface area contributed by atoms with E-state index in [1.54, 1.807) is 46.2 Å². The number of hydrogen-bond acceptors (Lipinski definition) is 5. The first-order valence-corrected chi connectivity index (χ1v) is 11.0. The molecule has 1 N–H and O–H groups in total. The number of carbonyl (C=O) groups excluding carboxylic acids is 2. The van der Waals surface area contributed by atoms with Gasteiger partial charge in [0.1, 0.15) is 12.0 Å². The van der Waals surface area contributed by atoms with Gasteiger partial charge in [0.2, 0.25) is 0 Å². The minimum atomic E-state index is -0.275. The van der Waals surface area contributed by atoms with Crippen LogP contribution in [0.1, 0.15) is 33.7 Å². The maximum Gasteiger partial charge on any atom is 0.272 e. The number of halogens is 1. The summed E-state index contributed by atoms with van der Waals surface area (Å²) < 4.78 is 12.2. The third kappa shape index (κ3) is 4.42. The maximum atomic E-state index is 13.0. The summed E-state index contributed by atoms with van der Waals surface area (Å²) in [4.78, 5) is 27.3. The number of nitrogens with zero attached hydrogens (tertiary/aromatic N) is 3. The van der Waals surface area contributed by atoms with Crippen molar-refractivity contribution < 1.29 is 18.4 Å². The number of likely N-dealkylation sites (tertiary alicyclic amines) is 1. The van der Waals surface area contributed by atoms with Crippen LogP contribution >= 0.6 is 11.6 Å². The minimum Gasteiger partial charge on any atom is -0.472 e. The van der Waals surface area contributed by atoms with Crippen LogP contribution in [-0.2, 0) is 0 Å². The third-order valence-corrected chi connectivity index (χ3v) is 5.89. The van der Waals surface area contributed by atoms with Crippen molar-refractivity contribution in [3.8, 4) is 17.1 Å². The zero-order chi connectivity index (χ0) is 22.8. The van der Waals surface area contributed by atoms with Gasteiger partial charge in [-0.2, -0.15) is 5.10 Å². The van der Waals surface area contributed by atoms with Crippen molar-refractivity contribution >= 4 is 23.4 Å². The van der Waals surface area contributed by atoms with Gasteiger partial charge < -0.3 is 19.1 Å². The molecular formula is C24H21ClN4O4. The Balaban J connectivity index is 1.30. The lowest BCUT2D eigenvalue weighted by molar-refractivity contribution is 0.0697. The van der Waals surface area contributed by atoms with Gasteiger partial charge in [-0.1, -0.05) is 17.7 Å². The van der Waals surface area contributed by atoms with Gasteiger partial charge in [-0.3, -0.25) is 9.59 Å². The molecule has 0 radical (unpaired) electrons. The van der Waals surface area contributed by atoms with Gasteiger partial charge in [0, 0.05) is 30.2 Å². The molecule has 5 rings (SSSR count). The zero-order valence-electron chi connectivity index (χ0n) is 17.6. The summed E-state index contributed by atoms with van der Waals surface area (Å²) in [6.07, 6.45) is 5.83. The van der Waals surface area contributed by atoms with E-state index in [4.69, 9.17) is 20.4 Å². The molecule has 0 saturated carbocycles. The third-order valence-electron chi connectivity index (χ3n) is 5.65. The topological polar surface area (TPSA) is 93.5 Å². The average Bonchev–Trinajstić information content (AvgIpc) is 3.60. The van der Waals surface area contributed by atoms with E-state index in [1.807, 2.05) is 18.2 Å². The number of rotatable bonds is 5. The highest BCUT2D eigenvalue weighted by Gasteiger charge is 2.26. The largest absolute Gasteiger partial charge is 0.472 e. The van der Waals surface area contributed by atoms with Crippen molar-refractivity contribution in [3.05, 3.63) is 83.6 Å². The van der Waals surface area contributed by atoms with Crippen LogP contribution in [0.4, 0.5) is 0 Å². The average molecular weight is 465 g/mol. The number of carbonyl (C=O) groups is 2. The Bertz CT molecular complexity index is 1260. The first-order chi connectivity index (χ1) is 16.1. The van der Waals surface area contributed by atoms with Crippen LogP contribution in [0.25, 0.3) is 17.1 Å². The molecule has 4 heterocycles. The second kappa shape index (κ2) is 8.99.